The summed E-state index contributed by atoms with van der Waals surface area (Å²) in [5, 5.41) is 0. The van der Waals surface area contributed by atoms with Gasteiger partial charge in [-0.1, -0.05) is 0 Å². The molecule has 0 unspecified atom stereocenters. The number of pyridine rings is 1. The maximum Gasteiger partial charge on any atom is 0.215 e. The zero-order chi connectivity index (χ0) is 7.56. The third-order valence-electron chi connectivity index (χ3n) is 1.18. The minimum Gasteiger partial charge on any atom is -0.323 e. The van der Waals surface area contributed by atoms with E-state index in [4.69, 9.17) is 5.84 Å². The number of nitrogens with zero attached hydrogens (tertiary/aromatic N) is 1. The van der Waals surface area contributed by atoms with Gasteiger partial charge in [0.05, 0.1) is 11.9 Å². The smallest absolute Gasteiger partial charge is 0.215 e. The molecular formula is C6H8FN3. The minimum atomic E-state index is -0.459. The maximum absolute atomic E-state index is 12.5. The van der Waals surface area contributed by atoms with E-state index in [0.717, 1.165) is 0 Å². The molecular weight excluding hydrogens is 133 g/mol. The number of hydrazine groups is 1. The van der Waals surface area contributed by atoms with Crippen molar-refractivity contribution in [1.29, 1.82) is 0 Å². The molecule has 0 spiro atoms. The van der Waals surface area contributed by atoms with Crippen LogP contribution in [-0.2, 0) is 0 Å². The van der Waals surface area contributed by atoms with Crippen LogP contribution in [0.2, 0.25) is 0 Å². The van der Waals surface area contributed by atoms with Crippen LogP contribution in [0.25, 0.3) is 0 Å². The topological polar surface area (TPSA) is 50.9 Å². The van der Waals surface area contributed by atoms with Crippen LogP contribution in [-0.4, -0.2) is 4.98 Å². The molecule has 0 aliphatic heterocycles. The maximum atomic E-state index is 12.5. The average Bonchev–Trinajstić information content (AvgIpc) is 1.95. The normalized spacial score (nSPS) is 9.50. The Morgan fingerprint density at radius 3 is 2.90 bits per heavy atom. The van der Waals surface area contributed by atoms with E-state index < -0.39 is 5.95 Å². The highest BCUT2D eigenvalue weighted by Crippen LogP contribution is 2.08. The number of nitrogen functional groups attached to an aromatic ring is 1. The number of halogens is 1. The Kier molecular flexibility index (Phi) is 1.82. The summed E-state index contributed by atoms with van der Waals surface area (Å²) >= 11 is 0. The van der Waals surface area contributed by atoms with Crippen molar-refractivity contribution in [3.8, 4) is 0 Å². The standard InChI is InChI=1S/C6H8FN3/c1-4-2-5(10-8)3-9-6(4)7/h2-3,10H,8H2,1H3. The summed E-state index contributed by atoms with van der Waals surface area (Å²) in [5.74, 6) is 4.60. The van der Waals surface area contributed by atoms with Gasteiger partial charge in [0.15, 0.2) is 0 Å². The van der Waals surface area contributed by atoms with Crippen molar-refractivity contribution in [3.63, 3.8) is 0 Å². The van der Waals surface area contributed by atoms with Gasteiger partial charge in [-0.15, -0.1) is 0 Å². The van der Waals surface area contributed by atoms with Crippen LogP contribution in [0.1, 0.15) is 5.56 Å². The number of nitrogens with one attached hydrogen (secondary N) is 1. The second kappa shape index (κ2) is 2.62. The Hall–Kier alpha value is -1.16. The van der Waals surface area contributed by atoms with Crippen molar-refractivity contribution in [2.45, 2.75) is 6.92 Å². The van der Waals surface area contributed by atoms with Crippen molar-refractivity contribution < 1.29 is 4.39 Å². The highest BCUT2D eigenvalue weighted by molar-refractivity contribution is 5.41. The molecule has 0 saturated carbocycles. The summed E-state index contributed by atoms with van der Waals surface area (Å²) in [7, 11) is 0. The Morgan fingerprint density at radius 2 is 2.40 bits per heavy atom. The summed E-state index contributed by atoms with van der Waals surface area (Å²) in [6.45, 7) is 1.63. The predicted octanol–water partition coefficient (Wildman–Crippen LogP) is 0.815. The number of hydrogen-bond acceptors (Lipinski definition) is 3. The van der Waals surface area contributed by atoms with E-state index >= 15 is 0 Å². The molecule has 0 bridgehead atoms. The summed E-state index contributed by atoms with van der Waals surface area (Å²) in [6.07, 6.45) is 1.34. The average molecular weight is 141 g/mol. The Labute approximate surface area is 58.0 Å². The zero-order valence-corrected chi connectivity index (χ0v) is 5.56. The van der Waals surface area contributed by atoms with Crippen LogP contribution in [0.5, 0.6) is 0 Å². The predicted molar refractivity (Wildman–Crippen MR) is 36.7 cm³/mol. The van der Waals surface area contributed by atoms with E-state index in [9.17, 15) is 4.39 Å². The molecule has 54 valence electrons. The molecule has 3 nitrogen and oxygen atoms in total. The van der Waals surface area contributed by atoms with Gasteiger partial charge >= 0.3 is 0 Å². The van der Waals surface area contributed by atoms with Crippen LogP contribution in [0.3, 0.4) is 0 Å². The fourth-order valence-corrected chi connectivity index (χ4v) is 0.637. The fraction of sp³-hybridized carbons (Fsp3) is 0.167. The van der Waals surface area contributed by atoms with E-state index in [2.05, 4.69) is 10.4 Å². The number of aryl methyl sites for hydroxylation is 1. The van der Waals surface area contributed by atoms with Crippen molar-refractivity contribution in [2.75, 3.05) is 5.43 Å². The first-order valence-electron chi connectivity index (χ1n) is 2.83. The molecule has 10 heavy (non-hydrogen) atoms. The number of rotatable bonds is 1. The molecule has 1 rings (SSSR count). The molecule has 1 aromatic rings. The van der Waals surface area contributed by atoms with Gasteiger partial charge in [-0.3, -0.25) is 5.84 Å². The monoisotopic (exact) mass is 141 g/mol. The lowest BCUT2D eigenvalue weighted by atomic mass is 10.3. The molecule has 0 atom stereocenters. The van der Waals surface area contributed by atoms with Gasteiger partial charge in [0.25, 0.3) is 0 Å². The molecule has 3 N–H and O–H groups in total. The highest BCUT2D eigenvalue weighted by atomic mass is 19.1. The molecule has 0 aromatic carbocycles. The molecule has 4 heteroatoms. The molecule has 0 amide bonds. The Bertz CT molecular complexity index is 236. The van der Waals surface area contributed by atoms with E-state index in [-0.39, 0.29) is 0 Å². The van der Waals surface area contributed by atoms with Gasteiger partial charge in [0.1, 0.15) is 0 Å². The molecule has 0 aliphatic carbocycles. The fourth-order valence-electron chi connectivity index (χ4n) is 0.637. The van der Waals surface area contributed by atoms with Crippen molar-refractivity contribution >= 4 is 5.69 Å². The summed E-state index contributed by atoms with van der Waals surface area (Å²) in [5.41, 5.74) is 3.46. The molecule has 0 radical (unpaired) electrons. The molecule has 1 heterocycles. The third kappa shape index (κ3) is 1.22. The lowest BCUT2D eigenvalue weighted by molar-refractivity contribution is 0.575. The van der Waals surface area contributed by atoms with Gasteiger partial charge in [-0.25, -0.2) is 4.98 Å². The number of aromatic nitrogens is 1. The van der Waals surface area contributed by atoms with Gasteiger partial charge in [0, 0.05) is 5.56 Å². The van der Waals surface area contributed by atoms with Crippen LogP contribution in [0.15, 0.2) is 12.3 Å². The Balaban J connectivity index is 3.04. The number of anilines is 1. The third-order valence-corrected chi connectivity index (χ3v) is 1.18. The first-order valence-corrected chi connectivity index (χ1v) is 2.83. The molecule has 0 fully saturated rings. The van der Waals surface area contributed by atoms with Crippen LogP contribution in [0.4, 0.5) is 10.1 Å². The van der Waals surface area contributed by atoms with Crippen LogP contribution >= 0.6 is 0 Å². The van der Waals surface area contributed by atoms with E-state index in [1.807, 2.05) is 0 Å². The summed E-state index contributed by atoms with van der Waals surface area (Å²) in [6, 6.07) is 1.59. The summed E-state index contributed by atoms with van der Waals surface area (Å²) in [4.78, 5) is 3.44. The second-order valence-electron chi connectivity index (χ2n) is 1.98. The first-order chi connectivity index (χ1) is 4.74. The van der Waals surface area contributed by atoms with Gasteiger partial charge in [-0.2, -0.15) is 4.39 Å². The molecule has 0 saturated heterocycles. The largest absolute Gasteiger partial charge is 0.323 e. The number of nitrogens with two attached hydrogens (primary N) is 1. The van der Waals surface area contributed by atoms with E-state index in [1.165, 1.54) is 6.20 Å². The number of hydrogen-bond donors (Lipinski definition) is 2. The Morgan fingerprint density at radius 1 is 1.70 bits per heavy atom. The van der Waals surface area contributed by atoms with Gasteiger partial charge in [0.2, 0.25) is 5.95 Å². The quantitative estimate of drug-likeness (QED) is 0.346. The van der Waals surface area contributed by atoms with Gasteiger partial charge < -0.3 is 5.43 Å². The highest BCUT2D eigenvalue weighted by Gasteiger charge is 1.97. The zero-order valence-electron chi connectivity index (χ0n) is 5.56. The summed E-state index contributed by atoms with van der Waals surface area (Å²) < 4.78 is 12.5. The van der Waals surface area contributed by atoms with Crippen LogP contribution in [0, 0.1) is 12.9 Å². The van der Waals surface area contributed by atoms with Crippen molar-refractivity contribution in [3.05, 3.63) is 23.8 Å². The van der Waals surface area contributed by atoms with Crippen LogP contribution < -0.4 is 11.3 Å². The second-order valence-corrected chi connectivity index (χ2v) is 1.98. The molecule has 1 aromatic heterocycles. The lowest BCUT2D eigenvalue weighted by Gasteiger charge is -1.99. The minimum absolute atomic E-state index is 0.459. The van der Waals surface area contributed by atoms with E-state index in [0.29, 0.717) is 11.3 Å². The van der Waals surface area contributed by atoms with Crippen molar-refractivity contribution in [1.82, 2.24) is 4.98 Å². The molecule has 0 aliphatic rings. The SMILES string of the molecule is Cc1cc(NN)cnc1F. The lowest BCUT2D eigenvalue weighted by Crippen LogP contribution is -2.07. The van der Waals surface area contributed by atoms with E-state index in [1.54, 1.807) is 13.0 Å². The van der Waals surface area contributed by atoms with Gasteiger partial charge in [-0.05, 0) is 13.0 Å². The van der Waals surface area contributed by atoms with Crippen molar-refractivity contribution in [2.24, 2.45) is 5.84 Å². The first kappa shape index (κ1) is 6.95.